The number of amides is 1. The van der Waals surface area contributed by atoms with Crippen molar-refractivity contribution in [2.45, 2.75) is 39.2 Å². The molecule has 1 saturated heterocycles. The van der Waals surface area contributed by atoms with Crippen LogP contribution in [0, 0.1) is 12.8 Å². The zero-order chi connectivity index (χ0) is 20.7. The van der Waals surface area contributed by atoms with E-state index in [0.717, 1.165) is 30.4 Å². The summed E-state index contributed by atoms with van der Waals surface area (Å²) in [5.74, 6) is -0.215. The highest BCUT2D eigenvalue weighted by Gasteiger charge is 2.31. The smallest absolute Gasteiger partial charge is 0.224 e. The van der Waals surface area contributed by atoms with Crippen LogP contribution in [0.25, 0.3) is 0 Å². The second-order valence-electron chi connectivity index (χ2n) is 7.81. The van der Waals surface area contributed by atoms with Crippen molar-refractivity contribution in [3.63, 3.8) is 0 Å². The molecule has 0 aromatic heterocycles. The number of carbonyl (C=O) groups excluding carboxylic acids is 1. The quantitative estimate of drug-likeness (QED) is 0.721. The lowest BCUT2D eigenvalue weighted by Gasteiger charge is -2.31. The van der Waals surface area contributed by atoms with Crippen LogP contribution in [-0.2, 0) is 27.8 Å². The molecule has 1 aliphatic rings. The van der Waals surface area contributed by atoms with Gasteiger partial charge in [-0.2, -0.15) is 0 Å². The van der Waals surface area contributed by atoms with Gasteiger partial charge in [-0.3, -0.25) is 4.79 Å². The first-order valence-corrected chi connectivity index (χ1v) is 11.9. The number of piperidine rings is 1. The molecule has 0 bridgehead atoms. The highest BCUT2D eigenvalue weighted by atomic mass is 32.2. The van der Waals surface area contributed by atoms with Crippen LogP contribution >= 0.6 is 0 Å². The van der Waals surface area contributed by atoms with E-state index in [0.29, 0.717) is 19.5 Å². The Morgan fingerprint density at radius 3 is 2.52 bits per heavy atom. The van der Waals surface area contributed by atoms with E-state index in [1.165, 1.54) is 9.87 Å². The fourth-order valence-corrected chi connectivity index (χ4v) is 5.26. The lowest BCUT2D eigenvalue weighted by molar-refractivity contribution is -0.126. The summed E-state index contributed by atoms with van der Waals surface area (Å²) in [4.78, 5) is 12.6. The van der Waals surface area contributed by atoms with Crippen LogP contribution in [0.15, 0.2) is 54.6 Å². The lowest BCUT2D eigenvalue weighted by atomic mass is 9.98. The largest absolute Gasteiger partial charge is 0.352 e. The van der Waals surface area contributed by atoms with Gasteiger partial charge in [-0.1, -0.05) is 60.2 Å². The molecular weight excluding hydrogens is 384 g/mol. The highest BCUT2D eigenvalue weighted by Crippen LogP contribution is 2.20. The third-order valence-corrected chi connectivity index (χ3v) is 7.37. The van der Waals surface area contributed by atoms with Crippen molar-refractivity contribution in [2.75, 3.05) is 18.8 Å². The molecule has 5 nitrogen and oxygen atoms in total. The van der Waals surface area contributed by atoms with Gasteiger partial charge in [-0.15, -0.1) is 0 Å². The van der Waals surface area contributed by atoms with Crippen molar-refractivity contribution in [1.82, 2.24) is 9.62 Å². The first-order chi connectivity index (χ1) is 13.9. The van der Waals surface area contributed by atoms with E-state index in [4.69, 9.17) is 0 Å². The maximum Gasteiger partial charge on any atom is 0.224 e. The Morgan fingerprint density at radius 1 is 1.07 bits per heavy atom. The van der Waals surface area contributed by atoms with Crippen LogP contribution < -0.4 is 5.32 Å². The van der Waals surface area contributed by atoms with Crippen molar-refractivity contribution >= 4 is 15.9 Å². The number of benzene rings is 2. The standard InChI is InChI=1S/C23H30N2O3S/c1-19-11-13-21(14-12-19)17-24-23(26)22-10-5-15-25(18-22)29(27,28)16-6-9-20-7-3-2-4-8-20/h2-4,7-8,11-14,22H,5-6,9-10,15-18H2,1H3,(H,24,26)/t22-/m0/s1. The number of hydrogen-bond donors (Lipinski definition) is 1. The van der Waals surface area contributed by atoms with Gasteiger partial charge < -0.3 is 5.32 Å². The van der Waals surface area contributed by atoms with E-state index in [1.807, 2.05) is 61.5 Å². The van der Waals surface area contributed by atoms with Crippen LogP contribution in [-0.4, -0.2) is 37.5 Å². The van der Waals surface area contributed by atoms with Crippen LogP contribution in [0.2, 0.25) is 0 Å². The molecule has 3 rings (SSSR count). The normalized spacial score (nSPS) is 17.8. The molecule has 1 N–H and O–H groups in total. The number of aryl methyl sites for hydroxylation is 2. The molecule has 0 aliphatic carbocycles. The Balaban J connectivity index is 1.49. The Labute approximate surface area is 174 Å². The summed E-state index contributed by atoms with van der Waals surface area (Å²) in [6.07, 6.45) is 2.79. The summed E-state index contributed by atoms with van der Waals surface area (Å²) >= 11 is 0. The number of hydrogen-bond acceptors (Lipinski definition) is 3. The summed E-state index contributed by atoms with van der Waals surface area (Å²) in [5.41, 5.74) is 3.38. The number of carbonyl (C=O) groups is 1. The summed E-state index contributed by atoms with van der Waals surface area (Å²) in [6.45, 7) is 3.29. The molecule has 2 aromatic rings. The molecule has 6 heteroatoms. The molecule has 0 spiro atoms. The Bertz CT molecular complexity index is 895. The van der Waals surface area contributed by atoms with E-state index in [1.54, 1.807) is 0 Å². The van der Waals surface area contributed by atoms with Gasteiger partial charge in [0, 0.05) is 19.6 Å². The summed E-state index contributed by atoms with van der Waals surface area (Å²) in [5, 5.41) is 2.96. The molecule has 1 aliphatic heterocycles. The van der Waals surface area contributed by atoms with Crippen molar-refractivity contribution in [3.05, 3.63) is 71.3 Å². The van der Waals surface area contributed by atoms with Crippen LogP contribution in [0.5, 0.6) is 0 Å². The van der Waals surface area contributed by atoms with Gasteiger partial charge >= 0.3 is 0 Å². The van der Waals surface area contributed by atoms with Crippen LogP contribution in [0.4, 0.5) is 0 Å². The van der Waals surface area contributed by atoms with Crippen LogP contribution in [0.3, 0.4) is 0 Å². The van der Waals surface area contributed by atoms with Gasteiger partial charge in [0.25, 0.3) is 0 Å². The van der Waals surface area contributed by atoms with Gasteiger partial charge in [0.1, 0.15) is 0 Å². The predicted molar refractivity (Wildman–Crippen MR) is 116 cm³/mol. The average molecular weight is 415 g/mol. The Hall–Kier alpha value is -2.18. The lowest BCUT2D eigenvalue weighted by Crippen LogP contribution is -2.46. The fourth-order valence-electron chi connectivity index (χ4n) is 3.68. The zero-order valence-electron chi connectivity index (χ0n) is 17.0. The third kappa shape index (κ3) is 6.41. The second kappa shape index (κ2) is 10.0. The first kappa shape index (κ1) is 21.5. The number of nitrogens with zero attached hydrogens (tertiary/aromatic N) is 1. The molecule has 0 saturated carbocycles. The number of rotatable bonds is 8. The van der Waals surface area contributed by atoms with Crippen molar-refractivity contribution in [3.8, 4) is 0 Å². The first-order valence-electron chi connectivity index (χ1n) is 10.3. The van der Waals surface area contributed by atoms with E-state index in [-0.39, 0.29) is 24.1 Å². The molecule has 0 unspecified atom stereocenters. The van der Waals surface area contributed by atoms with Gasteiger partial charge in [0.05, 0.1) is 11.7 Å². The predicted octanol–water partition coefficient (Wildman–Crippen LogP) is 3.29. The molecule has 0 radical (unpaired) electrons. The van der Waals surface area contributed by atoms with Gasteiger partial charge in [-0.05, 0) is 43.7 Å². The third-order valence-electron chi connectivity index (χ3n) is 5.45. The number of sulfonamides is 1. The van der Waals surface area contributed by atoms with E-state index in [2.05, 4.69) is 5.32 Å². The van der Waals surface area contributed by atoms with Gasteiger partial charge in [0.2, 0.25) is 15.9 Å². The van der Waals surface area contributed by atoms with Crippen LogP contribution in [0.1, 0.15) is 36.0 Å². The zero-order valence-corrected chi connectivity index (χ0v) is 17.8. The molecular formula is C23H30N2O3S. The maximum absolute atomic E-state index is 12.7. The molecule has 2 aromatic carbocycles. The molecule has 156 valence electrons. The molecule has 1 heterocycles. The monoisotopic (exact) mass is 414 g/mol. The molecule has 29 heavy (non-hydrogen) atoms. The highest BCUT2D eigenvalue weighted by molar-refractivity contribution is 7.89. The van der Waals surface area contributed by atoms with E-state index < -0.39 is 10.0 Å². The minimum absolute atomic E-state index is 0.0604. The Morgan fingerprint density at radius 2 is 1.79 bits per heavy atom. The number of nitrogens with one attached hydrogen (secondary N) is 1. The minimum Gasteiger partial charge on any atom is -0.352 e. The molecule has 1 amide bonds. The molecule has 1 fully saturated rings. The second-order valence-corrected chi connectivity index (χ2v) is 9.89. The molecule has 1 atom stereocenters. The Kier molecular flexibility index (Phi) is 7.45. The van der Waals surface area contributed by atoms with E-state index >= 15 is 0 Å². The SMILES string of the molecule is Cc1ccc(CNC(=O)[C@H]2CCCN(S(=O)(=O)CCCc3ccccc3)C2)cc1. The van der Waals surface area contributed by atoms with Crippen molar-refractivity contribution in [1.29, 1.82) is 0 Å². The maximum atomic E-state index is 12.7. The van der Waals surface area contributed by atoms with Crippen molar-refractivity contribution in [2.24, 2.45) is 5.92 Å². The fraction of sp³-hybridized carbons (Fsp3) is 0.435. The van der Waals surface area contributed by atoms with E-state index in [9.17, 15) is 13.2 Å². The summed E-state index contributed by atoms with van der Waals surface area (Å²) < 4.78 is 27.0. The topological polar surface area (TPSA) is 66.5 Å². The van der Waals surface area contributed by atoms with Crippen molar-refractivity contribution < 1.29 is 13.2 Å². The minimum atomic E-state index is -3.34. The van der Waals surface area contributed by atoms with Gasteiger partial charge in [0.15, 0.2) is 0 Å². The van der Waals surface area contributed by atoms with Gasteiger partial charge in [-0.25, -0.2) is 12.7 Å². The average Bonchev–Trinajstić information content (AvgIpc) is 2.74. The summed E-state index contributed by atoms with van der Waals surface area (Å²) in [6, 6.07) is 18.0. The summed E-state index contributed by atoms with van der Waals surface area (Å²) in [7, 11) is -3.34.